The summed E-state index contributed by atoms with van der Waals surface area (Å²) in [4.78, 5) is 19.8. The minimum Gasteiger partial charge on any atom is -0.379 e. The molecule has 2 aromatic rings. The van der Waals surface area contributed by atoms with Crippen molar-refractivity contribution >= 4 is 22.4 Å². The lowest BCUT2D eigenvalue weighted by Gasteiger charge is -2.31. The highest BCUT2D eigenvalue weighted by molar-refractivity contribution is 6.04. The molecule has 0 unspecified atom stereocenters. The van der Waals surface area contributed by atoms with Crippen LogP contribution in [-0.2, 0) is 9.53 Å². The first-order valence-electron chi connectivity index (χ1n) is 10.0. The molecule has 27 heavy (non-hydrogen) atoms. The first-order valence-corrected chi connectivity index (χ1v) is 10.0. The van der Waals surface area contributed by atoms with Gasteiger partial charge in [0.15, 0.2) is 0 Å². The molecule has 0 radical (unpaired) electrons. The summed E-state index contributed by atoms with van der Waals surface area (Å²) in [6, 6.07) is 14.5. The normalized spacial score (nSPS) is 15.4. The van der Waals surface area contributed by atoms with Gasteiger partial charge in [0.05, 0.1) is 25.4 Å². The standard InChI is InChI=1S/C22H31N3O2/c1-3-23(4-2)12-13-25(22(26)18-24-14-16-27-17-15-24)21-11-7-9-19-8-5-6-10-20(19)21/h5-11H,3-4,12-18H2,1-2H3. The molecule has 1 aliphatic rings. The number of hydrogen-bond acceptors (Lipinski definition) is 4. The third kappa shape index (κ3) is 5.06. The molecular formula is C22H31N3O2. The van der Waals surface area contributed by atoms with E-state index in [2.05, 4.69) is 47.9 Å². The highest BCUT2D eigenvalue weighted by atomic mass is 16.5. The van der Waals surface area contributed by atoms with Gasteiger partial charge < -0.3 is 14.5 Å². The number of nitrogens with zero attached hydrogens (tertiary/aromatic N) is 3. The molecule has 5 heteroatoms. The Kier molecular flexibility index (Phi) is 7.21. The van der Waals surface area contributed by atoms with Gasteiger partial charge in [-0.05, 0) is 24.5 Å². The number of ether oxygens (including phenoxy) is 1. The summed E-state index contributed by atoms with van der Waals surface area (Å²) < 4.78 is 5.42. The number of rotatable bonds is 8. The van der Waals surface area contributed by atoms with Gasteiger partial charge in [0.1, 0.15) is 0 Å². The van der Waals surface area contributed by atoms with E-state index in [0.29, 0.717) is 26.3 Å². The van der Waals surface area contributed by atoms with Gasteiger partial charge in [-0.2, -0.15) is 0 Å². The zero-order chi connectivity index (χ0) is 19.1. The van der Waals surface area contributed by atoms with Crippen molar-refractivity contribution in [2.75, 3.05) is 63.9 Å². The van der Waals surface area contributed by atoms with Crippen LogP contribution in [-0.4, -0.2) is 74.7 Å². The number of carbonyl (C=O) groups excluding carboxylic acids is 1. The predicted molar refractivity (Wildman–Crippen MR) is 111 cm³/mol. The molecule has 1 saturated heterocycles. The lowest BCUT2D eigenvalue weighted by atomic mass is 10.1. The monoisotopic (exact) mass is 369 g/mol. The summed E-state index contributed by atoms with van der Waals surface area (Å²) in [6.45, 7) is 11.4. The number of hydrogen-bond donors (Lipinski definition) is 0. The maximum atomic E-state index is 13.3. The molecule has 5 nitrogen and oxygen atoms in total. The average Bonchev–Trinajstić information content (AvgIpc) is 2.72. The molecule has 3 rings (SSSR count). The third-order valence-corrected chi connectivity index (χ3v) is 5.36. The fraction of sp³-hybridized carbons (Fsp3) is 0.500. The third-order valence-electron chi connectivity index (χ3n) is 5.36. The van der Waals surface area contributed by atoms with Crippen molar-refractivity contribution in [2.24, 2.45) is 0 Å². The number of amides is 1. The summed E-state index contributed by atoms with van der Waals surface area (Å²) >= 11 is 0. The van der Waals surface area contributed by atoms with Gasteiger partial charge in [-0.3, -0.25) is 9.69 Å². The Bertz CT molecular complexity index is 734. The molecule has 1 aliphatic heterocycles. The van der Waals surface area contributed by atoms with Gasteiger partial charge in [-0.15, -0.1) is 0 Å². The minimum absolute atomic E-state index is 0.167. The molecule has 0 bridgehead atoms. The second-order valence-corrected chi connectivity index (χ2v) is 6.96. The molecule has 0 spiro atoms. The number of anilines is 1. The largest absolute Gasteiger partial charge is 0.379 e. The van der Waals surface area contributed by atoms with Crippen LogP contribution in [0.15, 0.2) is 42.5 Å². The SMILES string of the molecule is CCN(CC)CCN(C(=O)CN1CCOCC1)c1cccc2ccccc12. The van der Waals surface area contributed by atoms with Gasteiger partial charge in [-0.1, -0.05) is 50.2 Å². The van der Waals surface area contributed by atoms with Crippen LogP contribution in [0.25, 0.3) is 10.8 Å². The molecule has 0 N–H and O–H groups in total. The summed E-state index contributed by atoms with van der Waals surface area (Å²) in [7, 11) is 0. The first-order chi connectivity index (χ1) is 13.2. The van der Waals surface area contributed by atoms with Crippen molar-refractivity contribution in [1.29, 1.82) is 0 Å². The van der Waals surface area contributed by atoms with Crippen molar-refractivity contribution < 1.29 is 9.53 Å². The quantitative estimate of drug-likeness (QED) is 0.717. The Morgan fingerprint density at radius 1 is 1.00 bits per heavy atom. The van der Waals surface area contributed by atoms with E-state index in [4.69, 9.17) is 4.74 Å². The first kappa shape index (κ1) is 19.8. The van der Waals surface area contributed by atoms with Gasteiger partial charge in [0, 0.05) is 31.6 Å². The van der Waals surface area contributed by atoms with Crippen LogP contribution in [0.4, 0.5) is 5.69 Å². The zero-order valence-corrected chi connectivity index (χ0v) is 16.6. The summed E-state index contributed by atoms with van der Waals surface area (Å²) in [5.74, 6) is 0.167. The van der Waals surface area contributed by atoms with Crippen LogP contribution in [0, 0.1) is 0 Å². The van der Waals surface area contributed by atoms with Crippen LogP contribution < -0.4 is 4.90 Å². The van der Waals surface area contributed by atoms with Gasteiger partial charge >= 0.3 is 0 Å². The van der Waals surface area contributed by atoms with Crippen LogP contribution in [0.2, 0.25) is 0 Å². The Morgan fingerprint density at radius 3 is 2.44 bits per heavy atom. The molecule has 1 heterocycles. The predicted octanol–water partition coefficient (Wildman–Crippen LogP) is 2.85. The zero-order valence-electron chi connectivity index (χ0n) is 16.6. The van der Waals surface area contributed by atoms with E-state index in [1.54, 1.807) is 0 Å². The summed E-state index contributed by atoms with van der Waals surface area (Å²) in [5, 5.41) is 2.30. The second kappa shape index (κ2) is 9.83. The van der Waals surface area contributed by atoms with Crippen molar-refractivity contribution in [3.05, 3.63) is 42.5 Å². The van der Waals surface area contributed by atoms with Crippen LogP contribution in [0.1, 0.15) is 13.8 Å². The minimum atomic E-state index is 0.167. The molecule has 0 aliphatic carbocycles. The summed E-state index contributed by atoms with van der Waals surface area (Å²) in [5.41, 5.74) is 1.01. The van der Waals surface area contributed by atoms with Crippen molar-refractivity contribution in [3.63, 3.8) is 0 Å². The van der Waals surface area contributed by atoms with E-state index in [1.807, 2.05) is 23.1 Å². The van der Waals surface area contributed by atoms with Gasteiger partial charge in [-0.25, -0.2) is 0 Å². The van der Waals surface area contributed by atoms with E-state index in [0.717, 1.165) is 43.8 Å². The van der Waals surface area contributed by atoms with E-state index in [9.17, 15) is 4.79 Å². The number of fused-ring (bicyclic) bond motifs is 1. The molecule has 2 aromatic carbocycles. The van der Waals surface area contributed by atoms with E-state index >= 15 is 0 Å². The Balaban J connectivity index is 1.85. The lowest BCUT2D eigenvalue weighted by molar-refractivity contribution is -0.120. The van der Waals surface area contributed by atoms with Crippen LogP contribution in [0.3, 0.4) is 0 Å². The molecule has 1 amide bonds. The number of morpholine rings is 1. The number of carbonyl (C=O) groups is 1. The average molecular weight is 370 g/mol. The van der Waals surface area contributed by atoms with Crippen LogP contribution in [0.5, 0.6) is 0 Å². The van der Waals surface area contributed by atoms with E-state index < -0.39 is 0 Å². The fourth-order valence-corrected chi connectivity index (χ4v) is 3.64. The summed E-state index contributed by atoms with van der Waals surface area (Å²) in [6.07, 6.45) is 0. The van der Waals surface area contributed by atoms with Crippen molar-refractivity contribution in [2.45, 2.75) is 13.8 Å². The van der Waals surface area contributed by atoms with Crippen molar-refractivity contribution in [3.8, 4) is 0 Å². The van der Waals surface area contributed by atoms with Crippen LogP contribution >= 0.6 is 0 Å². The molecule has 146 valence electrons. The Hall–Kier alpha value is -1.95. The highest BCUT2D eigenvalue weighted by Gasteiger charge is 2.22. The van der Waals surface area contributed by atoms with Gasteiger partial charge in [0.25, 0.3) is 0 Å². The van der Waals surface area contributed by atoms with Crippen molar-refractivity contribution in [1.82, 2.24) is 9.80 Å². The Morgan fingerprint density at radius 2 is 1.70 bits per heavy atom. The lowest BCUT2D eigenvalue weighted by Crippen LogP contribution is -2.47. The molecule has 1 fully saturated rings. The fourth-order valence-electron chi connectivity index (χ4n) is 3.64. The Labute approximate surface area is 162 Å². The molecule has 0 saturated carbocycles. The smallest absolute Gasteiger partial charge is 0.241 e. The van der Waals surface area contributed by atoms with E-state index in [-0.39, 0.29) is 5.91 Å². The maximum absolute atomic E-state index is 13.3. The van der Waals surface area contributed by atoms with E-state index in [1.165, 1.54) is 5.39 Å². The van der Waals surface area contributed by atoms with Gasteiger partial charge in [0.2, 0.25) is 5.91 Å². The number of likely N-dealkylation sites (N-methyl/N-ethyl adjacent to an activating group) is 1. The second-order valence-electron chi connectivity index (χ2n) is 6.96. The maximum Gasteiger partial charge on any atom is 0.241 e. The number of benzene rings is 2. The molecule has 0 aromatic heterocycles. The highest BCUT2D eigenvalue weighted by Crippen LogP contribution is 2.27. The topological polar surface area (TPSA) is 36.0 Å². The molecule has 0 atom stereocenters. The molecular weight excluding hydrogens is 338 g/mol.